The van der Waals surface area contributed by atoms with Crippen LogP contribution in [0.1, 0.15) is 100 Å². The Kier molecular flexibility index (Phi) is 15.5. The molecule has 0 amide bonds. The number of nitrogens with one attached hydrogen (secondary N) is 1. The molecule has 0 heterocycles. The van der Waals surface area contributed by atoms with Gasteiger partial charge in [0.25, 0.3) is 0 Å². The van der Waals surface area contributed by atoms with Gasteiger partial charge in [0.15, 0.2) is 0 Å². The number of aromatic carboxylic acids is 1. The third-order valence-corrected chi connectivity index (χ3v) is 6.18. The second kappa shape index (κ2) is 17.5. The number of hydrogen-bond acceptors (Lipinski definition) is 3. The molecule has 0 radical (unpaired) electrons. The van der Waals surface area contributed by atoms with E-state index in [2.05, 4.69) is 5.32 Å². The number of anilines is 1. The van der Waals surface area contributed by atoms with Crippen molar-refractivity contribution in [2.45, 2.75) is 89.9 Å². The second-order valence-corrected chi connectivity index (χ2v) is 9.59. The fourth-order valence-electron chi connectivity index (χ4n) is 3.52. The van der Waals surface area contributed by atoms with Crippen molar-refractivity contribution in [3.05, 3.63) is 29.8 Å². The standard InChI is InChI=1S/C24H41NO3S/c1-29(28)21-15-13-11-9-7-5-3-2-4-6-8-10-12-14-20-25-23-18-16-22(17-19-23)24(26)27/h16-19,25H,2-15,20-21H2,1H3,(H,26,27). The predicted octanol–water partition coefficient (Wildman–Crippen LogP) is 6.64. The molecule has 1 aromatic rings. The molecular weight excluding hydrogens is 382 g/mol. The normalized spacial score (nSPS) is 12.0. The number of carboxylic acids is 1. The molecule has 0 bridgehead atoms. The molecule has 0 spiro atoms. The van der Waals surface area contributed by atoms with Crippen LogP contribution in [0, 0.1) is 0 Å². The van der Waals surface area contributed by atoms with Crippen LogP contribution in [-0.2, 0) is 10.8 Å². The van der Waals surface area contributed by atoms with Gasteiger partial charge in [0.05, 0.1) is 5.56 Å². The molecule has 0 aliphatic carbocycles. The third kappa shape index (κ3) is 15.2. The lowest BCUT2D eigenvalue weighted by molar-refractivity contribution is 0.0697. The molecule has 166 valence electrons. The first-order valence-electron chi connectivity index (χ1n) is 11.5. The van der Waals surface area contributed by atoms with Gasteiger partial charge < -0.3 is 10.4 Å². The van der Waals surface area contributed by atoms with Gasteiger partial charge in [-0.15, -0.1) is 0 Å². The zero-order valence-corrected chi connectivity index (χ0v) is 19.1. The predicted molar refractivity (Wildman–Crippen MR) is 125 cm³/mol. The van der Waals surface area contributed by atoms with E-state index in [4.69, 9.17) is 5.11 Å². The fourth-order valence-corrected chi connectivity index (χ4v) is 4.13. The summed E-state index contributed by atoms with van der Waals surface area (Å²) in [5.41, 5.74) is 1.32. The van der Waals surface area contributed by atoms with Gasteiger partial charge in [0, 0.05) is 35.0 Å². The Bertz CT molecular complexity index is 560. The summed E-state index contributed by atoms with van der Waals surface area (Å²) in [5, 5.41) is 12.2. The molecule has 1 rings (SSSR count). The van der Waals surface area contributed by atoms with Crippen molar-refractivity contribution in [3.8, 4) is 0 Å². The summed E-state index contributed by atoms with van der Waals surface area (Å²) < 4.78 is 11.0. The van der Waals surface area contributed by atoms with Crippen LogP contribution < -0.4 is 5.32 Å². The molecule has 0 aromatic heterocycles. The average Bonchev–Trinajstić information content (AvgIpc) is 2.70. The Labute approximate surface area is 180 Å². The highest BCUT2D eigenvalue weighted by Crippen LogP contribution is 2.14. The first-order valence-corrected chi connectivity index (χ1v) is 13.2. The highest BCUT2D eigenvalue weighted by atomic mass is 32.2. The van der Waals surface area contributed by atoms with Gasteiger partial charge in [-0.3, -0.25) is 4.21 Å². The molecule has 0 saturated carbocycles. The summed E-state index contributed by atoms with van der Waals surface area (Å²) in [5.74, 6) is -0.00579. The van der Waals surface area contributed by atoms with E-state index < -0.39 is 16.8 Å². The first-order chi connectivity index (χ1) is 14.1. The highest BCUT2D eigenvalue weighted by Gasteiger charge is 2.01. The zero-order valence-electron chi connectivity index (χ0n) is 18.3. The maximum Gasteiger partial charge on any atom is 0.335 e. The Morgan fingerprint density at radius 3 is 1.59 bits per heavy atom. The summed E-state index contributed by atoms with van der Waals surface area (Å²) in [4.78, 5) is 10.8. The number of carboxylic acid groups (broad SMARTS) is 1. The molecule has 4 nitrogen and oxygen atoms in total. The zero-order chi connectivity index (χ0) is 21.2. The minimum atomic E-state index is -0.880. The monoisotopic (exact) mass is 423 g/mol. The molecule has 0 aliphatic heterocycles. The van der Waals surface area contributed by atoms with Crippen LogP contribution in [0.25, 0.3) is 0 Å². The molecule has 0 aliphatic rings. The van der Waals surface area contributed by atoms with Crippen molar-refractivity contribution in [1.82, 2.24) is 0 Å². The van der Waals surface area contributed by atoms with Crippen LogP contribution in [0.4, 0.5) is 5.69 Å². The molecule has 29 heavy (non-hydrogen) atoms. The van der Waals surface area contributed by atoms with E-state index >= 15 is 0 Å². The molecule has 2 N–H and O–H groups in total. The van der Waals surface area contributed by atoms with E-state index in [1.165, 1.54) is 77.0 Å². The van der Waals surface area contributed by atoms with E-state index in [1.54, 1.807) is 18.4 Å². The molecule has 5 heteroatoms. The van der Waals surface area contributed by atoms with E-state index in [0.29, 0.717) is 5.56 Å². The van der Waals surface area contributed by atoms with Gasteiger partial charge in [-0.05, 0) is 37.1 Å². The van der Waals surface area contributed by atoms with Crippen LogP contribution in [0.3, 0.4) is 0 Å². The first kappa shape index (κ1) is 25.7. The third-order valence-electron chi connectivity index (χ3n) is 5.32. The number of rotatable bonds is 19. The number of hydrogen-bond donors (Lipinski definition) is 2. The van der Waals surface area contributed by atoms with E-state index in [9.17, 15) is 9.00 Å². The molecule has 1 atom stereocenters. The lowest BCUT2D eigenvalue weighted by Gasteiger charge is -2.07. The van der Waals surface area contributed by atoms with Crippen LogP contribution >= 0.6 is 0 Å². The van der Waals surface area contributed by atoms with Gasteiger partial charge in [-0.25, -0.2) is 4.79 Å². The lowest BCUT2D eigenvalue weighted by atomic mass is 10.0. The maximum atomic E-state index is 11.0. The van der Waals surface area contributed by atoms with Crippen molar-refractivity contribution in [2.24, 2.45) is 0 Å². The number of carbonyl (C=O) groups is 1. The lowest BCUT2D eigenvalue weighted by Crippen LogP contribution is -2.02. The second-order valence-electron chi connectivity index (χ2n) is 8.04. The smallest absolute Gasteiger partial charge is 0.335 e. The minimum absolute atomic E-state index is 0.331. The molecule has 1 unspecified atom stereocenters. The van der Waals surface area contributed by atoms with Gasteiger partial charge in [-0.1, -0.05) is 77.0 Å². The Balaban J connectivity index is 1.79. The Morgan fingerprint density at radius 2 is 1.17 bits per heavy atom. The van der Waals surface area contributed by atoms with Crippen LogP contribution in [-0.4, -0.2) is 33.8 Å². The summed E-state index contributed by atoms with van der Waals surface area (Å²) >= 11 is 0. The molecule has 0 fully saturated rings. The van der Waals surface area contributed by atoms with Gasteiger partial charge in [-0.2, -0.15) is 0 Å². The summed E-state index contributed by atoms with van der Waals surface area (Å²) in [7, 11) is -0.613. The van der Waals surface area contributed by atoms with Gasteiger partial charge in [0.1, 0.15) is 0 Å². The Morgan fingerprint density at radius 1 is 0.759 bits per heavy atom. The van der Waals surface area contributed by atoms with Gasteiger partial charge in [0.2, 0.25) is 0 Å². The van der Waals surface area contributed by atoms with Crippen LogP contribution in [0.5, 0.6) is 0 Å². The SMILES string of the molecule is CS(=O)CCCCCCCCCCCCCCCCNc1ccc(C(=O)O)cc1. The van der Waals surface area contributed by atoms with E-state index in [1.807, 2.05) is 12.1 Å². The molecular formula is C24H41NO3S. The Hall–Kier alpha value is -1.36. The van der Waals surface area contributed by atoms with Crippen LogP contribution in [0.15, 0.2) is 24.3 Å². The maximum absolute atomic E-state index is 11.0. The fraction of sp³-hybridized carbons (Fsp3) is 0.708. The quantitative estimate of drug-likeness (QED) is 0.245. The topological polar surface area (TPSA) is 66.4 Å². The van der Waals surface area contributed by atoms with Crippen molar-refractivity contribution in [1.29, 1.82) is 0 Å². The molecule has 0 saturated heterocycles. The van der Waals surface area contributed by atoms with E-state index in [0.717, 1.165) is 30.8 Å². The number of unbranched alkanes of at least 4 members (excludes halogenated alkanes) is 13. The average molecular weight is 424 g/mol. The summed E-state index contributed by atoms with van der Waals surface area (Å²) in [6.45, 7) is 0.947. The summed E-state index contributed by atoms with van der Waals surface area (Å²) in [6.07, 6.45) is 20.1. The van der Waals surface area contributed by atoms with Gasteiger partial charge >= 0.3 is 5.97 Å². The van der Waals surface area contributed by atoms with Crippen molar-refractivity contribution >= 4 is 22.5 Å². The summed E-state index contributed by atoms with van der Waals surface area (Å²) in [6, 6.07) is 6.95. The molecule has 1 aromatic carbocycles. The number of benzene rings is 1. The van der Waals surface area contributed by atoms with Crippen molar-refractivity contribution < 1.29 is 14.1 Å². The van der Waals surface area contributed by atoms with Crippen molar-refractivity contribution in [3.63, 3.8) is 0 Å². The minimum Gasteiger partial charge on any atom is -0.478 e. The van der Waals surface area contributed by atoms with Crippen molar-refractivity contribution in [2.75, 3.05) is 23.9 Å². The van der Waals surface area contributed by atoms with Crippen LogP contribution in [0.2, 0.25) is 0 Å². The van der Waals surface area contributed by atoms with E-state index in [-0.39, 0.29) is 0 Å². The highest BCUT2D eigenvalue weighted by molar-refractivity contribution is 7.84. The largest absolute Gasteiger partial charge is 0.478 e.